The number of halogens is 1. The van der Waals surface area contributed by atoms with Crippen LogP contribution < -0.4 is 16.0 Å². The van der Waals surface area contributed by atoms with Gasteiger partial charge in [0.1, 0.15) is 12.4 Å². The molecule has 0 atom stereocenters. The summed E-state index contributed by atoms with van der Waals surface area (Å²) in [6.07, 6.45) is 1.67. The average Bonchev–Trinajstić information content (AvgIpc) is 2.38. The number of hydrogen-bond acceptors (Lipinski definition) is 3. The minimum Gasteiger partial charge on any atom is -0.483 e. The molecule has 2 rings (SSSR count). The predicted octanol–water partition coefficient (Wildman–Crippen LogP) is 2.30. The van der Waals surface area contributed by atoms with E-state index in [0.29, 0.717) is 12.1 Å². The van der Waals surface area contributed by atoms with Crippen molar-refractivity contribution < 1.29 is 9.13 Å². The van der Waals surface area contributed by atoms with Crippen molar-refractivity contribution in [3.8, 4) is 5.75 Å². The van der Waals surface area contributed by atoms with Crippen molar-refractivity contribution in [1.82, 2.24) is 4.57 Å². The first kappa shape index (κ1) is 15.3. The van der Waals surface area contributed by atoms with Gasteiger partial charge >= 0.3 is 0 Å². The molecule has 0 aliphatic heterocycles. The molecule has 0 bridgehead atoms. The summed E-state index contributed by atoms with van der Waals surface area (Å²) >= 11 is 0. The van der Waals surface area contributed by atoms with Gasteiger partial charge in [0.05, 0.1) is 0 Å². The monoisotopic (exact) mass is 290 g/mol. The minimum absolute atomic E-state index is 0.142. The number of nitrogens with two attached hydrogens (primary N) is 1. The fourth-order valence-corrected chi connectivity index (χ4v) is 1.98. The molecule has 4 nitrogen and oxygen atoms in total. The third-order valence-corrected chi connectivity index (χ3v) is 2.85. The lowest BCUT2D eigenvalue weighted by Crippen LogP contribution is -2.40. The summed E-state index contributed by atoms with van der Waals surface area (Å²) in [6.45, 7) is 4.23. The van der Waals surface area contributed by atoms with Crippen LogP contribution in [0.15, 0.2) is 47.4 Å². The van der Waals surface area contributed by atoms with Crippen molar-refractivity contribution in [3.05, 3.63) is 64.3 Å². The van der Waals surface area contributed by atoms with E-state index in [1.807, 2.05) is 13.8 Å². The summed E-state index contributed by atoms with van der Waals surface area (Å²) in [7, 11) is 0. The quantitative estimate of drug-likeness (QED) is 0.919. The highest BCUT2D eigenvalue weighted by atomic mass is 19.1. The number of benzene rings is 1. The Labute approximate surface area is 123 Å². The van der Waals surface area contributed by atoms with E-state index < -0.39 is 5.54 Å². The minimum atomic E-state index is -0.495. The van der Waals surface area contributed by atoms with Crippen LogP contribution in [0, 0.1) is 5.82 Å². The second-order valence-corrected chi connectivity index (χ2v) is 5.71. The summed E-state index contributed by atoms with van der Waals surface area (Å²) in [6, 6.07) is 9.42. The van der Waals surface area contributed by atoms with Crippen LogP contribution in [0.3, 0.4) is 0 Å². The molecule has 112 valence electrons. The molecule has 2 aromatic rings. The zero-order chi connectivity index (χ0) is 15.5. The summed E-state index contributed by atoms with van der Waals surface area (Å²) in [5, 5.41) is 0. The van der Waals surface area contributed by atoms with Gasteiger partial charge in [-0.3, -0.25) is 4.79 Å². The largest absolute Gasteiger partial charge is 0.483 e. The van der Waals surface area contributed by atoms with Crippen molar-refractivity contribution in [2.75, 3.05) is 0 Å². The second kappa shape index (κ2) is 6.10. The molecule has 1 heterocycles. The van der Waals surface area contributed by atoms with Gasteiger partial charge in [0.15, 0.2) is 5.75 Å². The van der Waals surface area contributed by atoms with Gasteiger partial charge in [-0.2, -0.15) is 0 Å². The van der Waals surface area contributed by atoms with Crippen LogP contribution in [0.4, 0.5) is 4.39 Å². The standard InChI is InChI=1S/C16H19FN2O2/c1-16(2,18)11-19-8-4-7-14(15(19)20)21-10-12-5-3-6-13(17)9-12/h3-9H,10-11,18H2,1-2H3. The van der Waals surface area contributed by atoms with Crippen molar-refractivity contribution in [3.63, 3.8) is 0 Å². The molecule has 0 unspecified atom stereocenters. The number of rotatable bonds is 5. The van der Waals surface area contributed by atoms with Gasteiger partial charge < -0.3 is 15.0 Å². The molecule has 0 fully saturated rings. The van der Waals surface area contributed by atoms with Crippen LogP contribution >= 0.6 is 0 Å². The number of aromatic nitrogens is 1. The maximum Gasteiger partial charge on any atom is 0.292 e. The Morgan fingerprint density at radius 3 is 2.71 bits per heavy atom. The number of pyridine rings is 1. The third-order valence-electron chi connectivity index (χ3n) is 2.85. The Kier molecular flexibility index (Phi) is 4.43. The SMILES string of the molecule is CC(C)(N)Cn1cccc(OCc2cccc(F)c2)c1=O. The van der Waals surface area contributed by atoms with Crippen LogP contribution in [-0.2, 0) is 13.2 Å². The van der Waals surface area contributed by atoms with E-state index in [1.165, 1.54) is 16.7 Å². The highest BCUT2D eigenvalue weighted by Crippen LogP contribution is 2.10. The first-order chi connectivity index (χ1) is 9.85. The van der Waals surface area contributed by atoms with Gasteiger partial charge in [0, 0.05) is 18.3 Å². The zero-order valence-corrected chi connectivity index (χ0v) is 12.2. The van der Waals surface area contributed by atoms with Crippen molar-refractivity contribution in [1.29, 1.82) is 0 Å². The van der Waals surface area contributed by atoms with Gasteiger partial charge in [-0.1, -0.05) is 12.1 Å². The van der Waals surface area contributed by atoms with E-state index in [0.717, 1.165) is 0 Å². The van der Waals surface area contributed by atoms with Gasteiger partial charge in [-0.15, -0.1) is 0 Å². The Hall–Kier alpha value is -2.14. The van der Waals surface area contributed by atoms with Gasteiger partial charge in [0.2, 0.25) is 0 Å². The fraction of sp³-hybridized carbons (Fsp3) is 0.312. The van der Waals surface area contributed by atoms with Gasteiger partial charge in [-0.25, -0.2) is 4.39 Å². The molecular formula is C16H19FN2O2. The maximum atomic E-state index is 13.1. The molecule has 0 spiro atoms. The summed E-state index contributed by atoms with van der Waals surface area (Å²) in [5.74, 6) is -0.0996. The summed E-state index contributed by atoms with van der Waals surface area (Å²) < 4.78 is 20.1. The molecule has 1 aromatic carbocycles. The lowest BCUT2D eigenvalue weighted by molar-refractivity contribution is 0.296. The molecule has 0 saturated carbocycles. The van der Waals surface area contributed by atoms with Crippen molar-refractivity contribution in [2.24, 2.45) is 5.73 Å². The number of nitrogens with zero attached hydrogens (tertiary/aromatic N) is 1. The zero-order valence-electron chi connectivity index (χ0n) is 12.2. The lowest BCUT2D eigenvalue weighted by Gasteiger charge is -2.20. The molecule has 0 aliphatic carbocycles. The van der Waals surface area contributed by atoms with E-state index in [4.69, 9.17) is 10.5 Å². The van der Waals surface area contributed by atoms with Crippen LogP contribution in [0.25, 0.3) is 0 Å². The fourth-order valence-electron chi connectivity index (χ4n) is 1.98. The molecule has 21 heavy (non-hydrogen) atoms. The summed E-state index contributed by atoms with van der Waals surface area (Å²) in [4.78, 5) is 12.2. The van der Waals surface area contributed by atoms with Crippen molar-refractivity contribution in [2.45, 2.75) is 32.5 Å². The average molecular weight is 290 g/mol. The molecule has 2 N–H and O–H groups in total. The Morgan fingerprint density at radius 1 is 1.29 bits per heavy atom. The third kappa shape index (κ3) is 4.43. The van der Waals surface area contributed by atoms with Crippen LogP contribution in [0.2, 0.25) is 0 Å². The van der Waals surface area contributed by atoms with Crippen LogP contribution in [-0.4, -0.2) is 10.1 Å². The van der Waals surface area contributed by atoms with Crippen LogP contribution in [0.1, 0.15) is 19.4 Å². The first-order valence-corrected chi connectivity index (χ1v) is 6.71. The Bertz CT molecular complexity index is 674. The molecule has 0 radical (unpaired) electrons. The van der Waals surface area contributed by atoms with Gasteiger partial charge in [-0.05, 0) is 43.7 Å². The number of ether oxygens (including phenoxy) is 1. The normalized spacial score (nSPS) is 11.4. The number of hydrogen-bond donors (Lipinski definition) is 1. The molecule has 0 aliphatic rings. The van der Waals surface area contributed by atoms with E-state index in [9.17, 15) is 9.18 Å². The smallest absolute Gasteiger partial charge is 0.292 e. The molecular weight excluding hydrogens is 271 g/mol. The predicted molar refractivity (Wildman–Crippen MR) is 79.7 cm³/mol. The van der Waals surface area contributed by atoms with Crippen LogP contribution in [0.5, 0.6) is 5.75 Å². The molecule has 0 saturated heterocycles. The molecule has 1 aromatic heterocycles. The second-order valence-electron chi connectivity index (χ2n) is 5.71. The van der Waals surface area contributed by atoms with E-state index in [-0.39, 0.29) is 23.7 Å². The lowest BCUT2D eigenvalue weighted by atomic mass is 10.1. The highest BCUT2D eigenvalue weighted by Gasteiger charge is 2.14. The topological polar surface area (TPSA) is 57.2 Å². The Balaban J connectivity index is 2.14. The molecule has 0 amide bonds. The maximum absolute atomic E-state index is 13.1. The van der Waals surface area contributed by atoms with Crippen molar-refractivity contribution >= 4 is 0 Å². The van der Waals surface area contributed by atoms with E-state index in [1.54, 1.807) is 30.5 Å². The first-order valence-electron chi connectivity index (χ1n) is 6.71. The summed E-state index contributed by atoms with van der Waals surface area (Å²) in [5.41, 5.74) is 5.86. The van der Waals surface area contributed by atoms with E-state index in [2.05, 4.69) is 0 Å². The van der Waals surface area contributed by atoms with E-state index >= 15 is 0 Å². The molecule has 5 heteroatoms. The van der Waals surface area contributed by atoms with Gasteiger partial charge in [0.25, 0.3) is 5.56 Å². The highest BCUT2D eigenvalue weighted by molar-refractivity contribution is 5.20. The Morgan fingerprint density at radius 2 is 2.05 bits per heavy atom.